The molecule has 0 amide bonds. The van der Waals surface area contributed by atoms with E-state index in [-0.39, 0.29) is 0 Å². The fraction of sp³-hybridized carbons (Fsp3) is 0.0526. The van der Waals surface area contributed by atoms with Gasteiger partial charge in [-0.25, -0.2) is 0 Å². The van der Waals surface area contributed by atoms with Crippen LogP contribution in [-0.4, -0.2) is 9.70 Å². The Morgan fingerprint density at radius 1 is 0.531 bits per heavy atom. The van der Waals surface area contributed by atoms with Crippen LogP contribution < -0.4 is 31.8 Å². The van der Waals surface area contributed by atoms with E-state index in [0.717, 1.165) is 4.90 Å². The maximum atomic E-state index is 14.5. The first-order chi connectivity index (χ1) is 23.1. The summed E-state index contributed by atoms with van der Waals surface area (Å²) in [4.78, 5) is 0.878. The molecule has 254 valence electrons. The van der Waals surface area contributed by atoms with Crippen molar-refractivity contribution < 1.29 is 29.4 Å². The van der Waals surface area contributed by atoms with Crippen molar-refractivity contribution in [1.82, 2.24) is 0 Å². The van der Waals surface area contributed by atoms with Gasteiger partial charge in [0.1, 0.15) is 23.2 Å². The first kappa shape index (κ1) is 36.6. The molecule has 0 unspecified atom stereocenters. The van der Waals surface area contributed by atoms with E-state index in [1.165, 1.54) is 37.4 Å². The second-order valence-electron chi connectivity index (χ2n) is 11.2. The van der Waals surface area contributed by atoms with Gasteiger partial charge in [-0.15, -0.1) is 0 Å². The summed E-state index contributed by atoms with van der Waals surface area (Å²) in [6.45, 7) is 2.07. The van der Waals surface area contributed by atoms with Gasteiger partial charge in [-0.2, -0.15) is 0 Å². The van der Waals surface area contributed by atoms with E-state index in [1.54, 1.807) is 0 Å². The number of hydrogen-bond acceptors (Lipinski definition) is 1. The van der Waals surface area contributed by atoms with Crippen molar-refractivity contribution in [3.63, 3.8) is 0 Å². The Kier molecular flexibility index (Phi) is 10.7. The van der Waals surface area contributed by atoms with Gasteiger partial charge in [0, 0.05) is 10.2 Å². The SMILES string of the molecule is Cc1ccc([S@@](=O)C[P+](c2ccccc2)(c2ccccc2)c2ccccc2P(c2ccccc2)c2ccccc2)cc1.F[P-](F)(F)(F)(F)F. The van der Waals surface area contributed by atoms with Gasteiger partial charge in [0.2, 0.25) is 0 Å². The Hall–Kier alpha value is -3.66. The molecule has 0 bridgehead atoms. The zero-order chi connectivity index (χ0) is 35.2. The summed E-state index contributed by atoms with van der Waals surface area (Å²) < 4.78 is 73.7. The zero-order valence-corrected chi connectivity index (χ0v) is 29.8. The Morgan fingerprint density at radius 2 is 0.898 bits per heavy atom. The van der Waals surface area contributed by atoms with Gasteiger partial charge < -0.3 is 0 Å². The van der Waals surface area contributed by atoms with Crippen LogP contribution in [0.25, 0.3) is 0 Å². The average molecular weight is 745 g/mol. The van der Waals surface area contributed by atoms with E-state index in [2.05, 4.69) is 165 Å². The number of halogens is 6. The molecule has 0 aliphatic heterocycles. The second kappa shape index (κ2) is 14.3. The van der Waals surface area contributed by atoms with E-state index in [9.17, 15) is 29.4 Å². The number of rotatable bonds is 9. The van der Waals surface area contributed by atoms with Gasteiger partial charge in [0.25, 0.3) is 0 Å². The predicted molar refractivity (Wildman–Crippen MR) is 200 cm³/mol. The molecule has 6 aromatic rings. The van der Waals surface area contributed by atoms with Gasteiger partial charge in [-0.3, -0.25) is 4.21 Å². The summed E-state index contributed by atoms with van der Waals surface area (Å²) in [7, 11) is -15.1. The quantitative estimate of drug-likeness (QED) is 0.106. The molecule has 6 aromatic carbocycles. The third-order valence-corrected chi connectivity index (χ3v) is 17.1. The molecule has 49 heavy (non-hydrogen) atoms. The van der Waals surface area contributed by atoms with Gasteiger partial charge in [0.15, 0.2) is 5.49 Å². The van der Waals surface area contributed by atoms with Crippen LogP contribution in [0.2, 0.25) is 0 Å². The molecule has 0 saturated carbocycles. The molecule has 1 atom stereocenters. The van der Waals surface area contributed by atoms with Crippen LogP contribution in [0.5, 0.6) is 0 Å². The van der Waals surface area contributed by atoms with E-state index in [4.69, 9.17) is 0 Å². The van der Waals surface area contributed by atoms with E-state index in [0.29, 0.717) is 5.49 Å². The number of hydrogen-bond donors (Lipinski definition) is 0. The first-order valence-electron chi connectivity index (χ1n) is 15.1. The van der Waals surface area contributed by atoms with Gasteiger partial charge >= 0.3 is 33.0 Å². The third kappa shape index (κ3) is 10.2. The Morgan fingerprint density at radius 3 is 1.33 bits per heavy atom. The molecule has 0 saturated heterocycles. The third-order valence-electron chi connectivity index (χ3n) is 7.55. The predicted octanol–water partition coefficient (Wildman–Crippen LogP) is 10.2. The van der Waals surface area contributed by atoms with Crippen molar-refractivity contribution in [3.8, 4) is 0 Å². The Bertz CT molecular complexity index is 1910. The van der Waals surface area contributed by atoms with Crippen molar-refractivity contribution in [1.29, 1.82) is 0 Å². The molecule has 6 rings (SSSR count). The second-order valence-corrected chi connectivity index (χ2v) is 20.7. The van der Waals surface area contributed by atoms with Crippen LogP contribution in [0.1, 0.15) is 5.56 Å². The normalized spacial score (nSPS) is 13.8. The molecule has 11 heteroatoms. The molecule has 0 aromatic heterocycles. The summed E-state index contributed by atoms with van der Waals surface area (Å²) in [5.41, 5.74) is 1.71. The Balaban J connectivity index is 0.000000606. The van der Waals surface area contributed by atoms with Crippen molar-refractivity contribution in [3.05, 3.63) is 175 Å². The van der Waals surface area contributed by atoms with Crippen LogP contribution in [-0.2, 0) is 10.8 Å². The minimum atomic E-state index is -10.7. The topological polar surface area (TPSA) is 17.1 Å². The summed E-state index contributed by atoms with van der Waals surface area (Å²) >= 11 is 0. The zero-order valence-electron chi connectivity index (χ0n) is 26.3. The molecular weight excluding hydrogens is 711 g/mol. The van der Waals surface area contributed by atoms with Crippen LogP contribution in [0.3, 0.4) is 0 Å². The molecule has 1 nitrogen and oxygen atoms in total. The number of benzene rings is 6. The fourth-order valence-corrected chi connectivity index (χ4v) is 15.9. The molecule has 0 heterocycles. The summed E-state index contributed by atoms with van der Waals surface area (Å²) in [5.74, 6) is 0. The maximum absolute atomic E-state index is 14.5. The van der Waals surface area contributed by atoms with E-state index >= 15 is 0 Å². The first-order valence-corrected chi connectivity index (χ1v) is 21.8. The van der Waals surface area contributed by atoms with Gasteiger partial charge in [-0.1, -0.05) is 127 Å². The summed E-state index contributed by atoms with van der Waals surface area (Å²) in [5, 5.41) is 7.75. The monoisotopic (exact) mass is 744 g/mol. The van der Waals surface area contributed by atoms with Gasteiger partial charge in [-0.05, 0) is 74.0 Å². The molecule has 0 spiro atoms. The van der Waals surface area contributed by atoms with Crippen molar-refractivity contribution >= 4 is 65.6 Å². The minimum absolute atomic E-state index is 0.536. The van der Waals surface area contributed by atoms with Crippen molar-refractivity contribution in [2.75, 3.05) is 5.49 Å². The summed E-state index contributed by atoms with van der Waals surface area (Å²) in [6, 6.07) is 60.6. The number of aryl methyl sites for hydroxylation is 1. The van der Waals surface area contributed by atoms with Crippen LogP contribution in [0.15, 0.2) is 175 Å². The standard InChI is InChI=1S/C38H33OP2S.F6P/c1-31-26-28-36(29-27-31)42(39)30-41(34-20-10-4-11-21-34,35-22-12-5-13-23-35)38-25-15-14-24-37(38)40(32-16-6-2-7-17-32)33-18-8-3-9-19-33;1-7(2,3,4,5)6/h2-29H,30H2,1H3;/q+1;-1/t42-;/m0./s1. The molecular formula is C38H33F6OP3S. The van der Waals surface area contributed by atoms with Gasteiger partial charge in [0.05, 0.1) is 10.8 Å². The van der Waals surface area contributed by atoms with Crippen LogP contribution in [0, 0.1) is 6.92 Å². The fourth-order valence-electron chi connectivity index (χ4n) is 5.51. The average Bonchev–Trinajstić information content (AvgIpc) is 3.08. The molecule has 0 N–H and O–H groups in total. The van der Waals surface area contributed by atoms with Crippen LogP contribution >= 0.6 is 23.0 Å². The molecule has 0 aliphatic rings. The van der Waals surface area contributed by atoms with Crippen molar-refractivity contribution in [2.24, 2.45) is 0 Å². The van der Waals surface area contributed by atoms with E-state index in [1.807, 2.05) is 12.1 Å². The van der Waals surface area contributed by atoms with Crippen molar-refractivity contribution in [2.45, 2.75) is 11.8 Å². The van der Waals surface area contributed by atoms with Crippen LogP contribution in [0.4, 0.5) is 25.2 Å². The Labute approximate surface area is 286 Å². The molecule has 0 aliphatic carbocycles. The summed E-state index contributed by atoms with van der Waals surface area (Å²) in [6.07, 6.45) is 0. The molecule has 0 radical (unpaired) electrons. The van der Waals surface area contributed by atoms with E-state index < -0.39 is 33.8 Å². The molecule has 0 fully saturated rings.